The molecule has 9 heteroatoms. The molecule has 0 aliphatic rings. The van der Waals surface area contributed by atoms with Crippen LogP contribution in [0.3, 0.4) is 0 Å². The predicted octanol–water partition coefficient (Wildman–Crippen LogP) is 2.07. The van der Waals surface area contributed by atoms with E-state index in [4.69, 9.17) is 4.74 Å². The van der Waals surface area contributed by atoms with Crippen molar-refractivity contribution in [2.45, 2.75) is 52.2 Å². The average Bonchev–Trinajstić information content (AvgIpc) is 2.89. The van der Waals surface area contributed by atoms with Gasteiger partial charge in [-0.2, -0.15) is 0 Å². The highest BCUT2D eigenvalue weighted by Crippen LogP contribution is 2.09. The van der Waals surface area contributed by atoms with Gasteiger partial charge in [-0.25, -0.2) is 4.79 Å². The normalized spacial score (nSPS) is 13.2. The lowest BCUT2D eigenvalue weighted by Gasteiger charge is -2.25. The first-order valence-electron chi connectivity index (χ1n) is 12.5. The van der Waals surface area contributed by atoms with E-state index in [1.807, 2.05) is 51.1 Å². The van der Waals surface area contributed by atoms with Gasteiger partial charge in [-0.15, -0.1) is 0 Å². The Labute approximate surface area is 218 Å². The van der Waals surface area contributed by atoms with Crippen LogP contribution in [0, 0.1) is 5.92 Å². The van der Waals surface area contributed by atoms with Crippen LogP contribution in [0.5, 0.6) is 0 Å². The second-order valence-electron chi connectivity index (χ2n) is 9.19. The number of carbonyl (C=O) groups excluding carboxylic acids is 4. The average molecular weight is 511 g/mol. The molecule has 0 saturated carbocycles. The highest BCUT2D eigenvalue weighted by Gasteiger charge is 2.26. The molecule has 2 aromatic rings. The van der Waals surface area contributed by atoms with Gasteiger partial charge in [0, 0.05) is 24.7 Å². The molecule has 0 aliphatic carbocycles. The van der Waals surface area contributed by atoms with E-state index < -0.39 is 18.1 Å². The van der Waals surface area contributed by atoms with Crippen LogP contribution in [0.4, 0.5) is 0 Å². The molecule has 2 rings (SSSR count). The Hall–Kier alpha value is -3.72. The number of hydrogen-bond acceptors (Lipinski definition) is 6. The molecule has 200 valence electrons. The van der Waals surface area contributed by atoms with Crippen LogP contribution in [0.2, 0.25) is 0 Å². The summed E-state index contributed by atoms with van der Waals surface area (Å²) in [7, 11) is 1.29. The van der Waals surface area contributed by atoms with Gasteiger partial charge in [-0.05, 0) is 49.9 Å². The van der Waals surface area contributed by atoms with Gasteiger partial charge in [-0.1, -0.05) is 50.2 Å². The molecule has 0 bridgehead atoms. The lowest BCUT2D eigenvalue weighted by molar-refractivity contribution is -0.130. The van der Waals surface area contributed by atoms with E-state index in [1.165, 1.54) is 13.2 Å². The fourth-order valence-corrected chi connectivity index (χ4v) is 3.76. The Kier molecular flexibility index (Phi) is 11.8. The number of carbonyl (C=O) groups is 4. The van der Waals surface area contributed by atoms with Gasteiger partial charge in [0.25, 0.3) is 5.91 Å². The number of methoxy groups -OCH3 is 1. The van der Waals surface area contributed by atoms with Crippen molar-refractivity contribution in [1.82, 2.24) is 21.3 Å². The van der Waals surface area contributed by atoms with E-state index in [0.717, 1.165) is 5.56 Å². The maximum atomic E-state index is 13.0. The summed E-state index contributed by atoms with van der Waals surface area (Å²) in [5, 5.41) is 11.8. The van der Waals surface area contributed by atoms with Crippen molar-refractivity contribution < 1.29 is 23.9 Å². The molecule has 0 aliphatic heterocycles. The largest absolute Gasteiger partial charge is 0.465 e. The van der Waals surface area contributed by atoms with E-state index in [9.17, 15) is 19.2 Å². The summed E-state index contributed by atoms with van der Waals surface area (Å²) in [5.74, 6) is -1.47. The molecule has 3 amide bonds. The Morgan fingerprint density at radius 1 is 0.865 bits per heavy atom. The molecule has 0 heterocycles. The highest BCUT2D eigenvalue weighted by molar-refractivity contribution is 5.98. The third-order valence-electron chi connectivity index (χ3n) is 5.87. The fourth-order valence-electron chi connectivity index (χ4n) is 3.76. The first-order valence-corrected chi connectivity index (χ1v) is 12.5. The maximum absolute atomic E-state index is 13.0. The fraction of sp³-hybridized carbons (Fsp3) is 0.429. The molecule has 0 saturated heterocycles. The molecule has 0 spiro atoms. The van der Waals surface area contributed by atoms with Gasteiger partial charge in [0.15, 0.2) is 0 Å². The first-order chi connectivity index (χ1) is 17.7. The van der Waals surface area contributed by atoms with Gasteiger partial charge in [0.2, 0.25) is 11.8 Å². The molecule has 37 heavy (non-hydrogen) atoms. The number of likely N-dealkylation sites (N-methyl/N-ethyl adjacent to an activating group) is 1. The minimum atomic E-state index is -0.640. The first kappa shape index (κ1) is 29.5. The monoisotopic (exact) mass is 510 g/mol. The second-order valence-corrected chi connectivity index (χ2v) is 9.19. The molecule has 3 atom stereocenters. The van der Waals surface area contributed by atoms with E-state index in [1.54, 1.807) is 25.1 Å². The minimum absolute atomic E-state index is 0.0754. The Bertz CT molecular complexity index is 1060. The Morgan fingerprint density at radius 3 is 2.16 bits per heavy atom. The molecular weight excluding hydrogens is 472 g/mol. The number of benzene rings is 2. The number of amides is 3. The zero-order valence-corrected chi connectivity index (χ0v) is 22.2. The summed E-state index contributed by atoms with van der Waals surface area (Å²) in [6, 6.07) is 14.4. The van der Waals surface area contributed by atoms with Crippen LogP contribution in [0.1, 0.15) is 54.0 Å². The molecule has 9 nitrogen and oxygen atoms in total. The van der Waals surface area contributed by atoms with Crippen LogP contribution >= 0.6 is 0 Å². The van der Waals surface area contributed by atoms with Crippen LogP contribution in [0.25, 0.3) is 0 Å². The van der Waals surface area contributed by atoms with Crippen LogP contribution in [-0.4, -0.2) is 62.0 Å². The van der Waals surface area contributed by atoms with E-state index in [2.05, 4.69) is 21.3 Å². The second kappa shape index (κ2) is 14.7. The van der Waals surface area contributed by atoms with Gasteiger partial charge in [0.05, 0.1) is 18.7 Å². The summed E-state index contributed by atoms with van der Waals surface area (Å²) >= 11 is 0. The molecule has 0 unspecified atom stereocenters. The van der Waals surface area contributed by atoms with Crippen molar-refractivity contribution >= 4 is 23.7 Å². The lowest BCUT2D eigenvalue weighted by Crippen LogP contribution is -2.55. The summed E-state index contributed by atoms with van der Waals surface area (Å²) in [5.41, 5.74) is 1.63. The van der Waals surface area contributed by atoms with Crippen molar-refractivity contribution in [3.63, 3.8) is 0 Å². The standard InChI is InChI=1S/C28H38N4O5/c1-6-29-27(35)24(18(2)3)32-25(33)19(4)30-17-23(15-20-11-8-7-9-12-20)31-26(34)21-13-10-14-22(16-21)28(36)37-5/h7-14,16,18-19,23-24,30H,6,15,17H2,1-5H3,(H,29,35)(H,31,34)(H,32,33)/t19-,23-,24-/m0/s1. The van der Waals surface area contributed by atoms with Gasteiger partial charge < -0.3 is 26.0 Å². The summed E-state index contributed by atoms with van der Waals surface area (Å²) < 4.78 is 4.75. The van der Waals surface area contributed by atoms with Gasteiger partial charge >= 0.3 is 5.97 Å². The molecule has 2 aromatic carbocycles. The highest BCUT2D eigenvalue weighted by atomic mass is 16.5. The Balaban J connectivity index is 2.10. The third-order valence-corrected chi connectivity index (χ3v) is 5.87. The minimum Gasteiger partial charge on any atom is -0.465 e. The SMILES string of the molecule is CCNC(=O)[C@@H](NC(=O)[C@H](C)NC[C@H](Cc1ccccc1)NC(=O)c1cccc(C(=O)OC)c1)C(C)C. The number of nitrogens with one attached hydrogen (secondary N) is 4. The van der Waals surface area contributed by atoms with Gasteiger partial charge in [-0.3, -0.25) is 14.4 Å². The van der Waals surface area contributed by atoms with Crippen molar-refractivity contribution in [3.8, 4) is 0 Å². The zero-order valence-electron chi connectivity index (χ0n) is 22.2. The maximum Gasteiger partial charge on any atom is 0.337 e. The lowest BCUT2D eigenvalue weighted by atomic mass is 10.0. The summed E-state index contributed by atoms with van der Waals surface area (Å²) in [6.45, 7) is 8.08. The zero-order chi connectivity index (χ0) is 27.4. The summed E-state index contributed by atoms with van der Waals surface area (Å²) in [6.07, 6.45) is 0.526. The van der Waals surface area contributed by atoms with E-state index >= 15 is 0 Å². The topological polar surface area (TPSA) is 126 Å². The van der Waals surface area contributed by atoms with Gasteiger partial charge in [0.1, 0.15) is 6.04 Å². The molecule has 0 fully saturated rings. The number of ether oxygens (including phenoxy) is 1. The number of rotatable bonds is 13. The Morgan fingerprint density at radius 2 is 1.54 bits per heavy atom. The molecule has 4 N–H and O–H groups in total. The predicted molar refractivity (Wildman–Crippen MR) is 142 cm³/mol. The van der Waals surface area contributed by atoms with E-state index in [-0.39, 0.29) is 35.2 Å². The van der Waals surface area contributed by atoms with Crippen molar-refractivity contribution in [3.05, 3.63) is 71.3 Å². The smallest absolute Gasteiger partial charge is 0.337 e. The molecule has 0 radical (unpaired) electrons. The molecule has 0 aromatic heterocycles. The van der Waals surface area contributed by atoms with E-state index in [0.29, 0.717) is 25.1 Å². The number of hydrogen-bond donors (Lipinski definition) is 4. The van der Waals surface area contributed by atoms with Crippen molar-refractivity contribution in [1.29, 1.82) is 0 Å². The van der Waals surface area contributed by atoms with Crippen LogP contribution in [0.15, 0.2) is 54.6 Å². The van der Waals surface area contributed by atoms with Crippen molar-refractivity contribution in [2.75, 3.05) is 20.2 Å². The molecular formula is C28H38N4O5. The quantitative estimate of drug-likeness (QED) is 0.306. The van der Waals surface area contributed by atoms with Crippen LogP contribution < -0.4 is 21.3 Å². The summed E-state index contributed by atoms with van der Waals surface area (Å²) in [4.78, 5) is 50.0. The van der Waals surface area contributed by atoms with Crippen LogP contribution in [-0.2, 0) is 20.7 Å². The third kappa shape index (κ3) is 9.34. The number of esters is 1. The van der Waals surface area contributed by atoms with Crippen molar-refractivity contribution in [2.24, 2.45) is 5.92 Å².